The van der Waals surface area contributed by atoms with Gasteiger partial charge in [0.1, 0.15) is 5.54 Å². The Labute approximate surface area is 108 Å². The first-order valence-electron chi connectivity index (χ1n) is 6.23. The normalized spacial score (nSPS) is 19.0. The number of hydrogen-bond donors (Lipinski definition) is 1. The fourth-order valence-electron chi connectivity index (χ4n) is 2.19. The van der Waals surface area contributed by atoms with E-state index < -0.39 is 5.54 Å². The van der Waals surface area contributed by atoms with Crippen LogP contribution >= 0.6 is 0 Å². The molecule has 1 saturated carbocycles. The van der Waals surface area contributed by atoms with Gasteiger partial charge in [0, 0.05) is 6.92 Å². The summed E-state index contributed by atoms with van der Waals surface area (Å²) < 4.78 is 5.10. The van der Waals surface area contributed by atoms with E-state index >= 15 is 0 Å². The van der Waals surface area contributed by atoms with Crippen LogP contribution in [0.15, 0.2) is 24.3 Å². The fraction of sp³-hybridized carbons (Fsp3) is 0.571. The third-order valence-electron chi connectivity index (χ3n) is 3.29. The monoisotopic (exact) mass is 251 g/mol. The van der Waals surface area contributed by atoms with E-state index in [0.29, 0.717) is 32.3 Å². The second kappa shape index (κ2) is 5.85. The molecule has 1 aliphatic carbocycles. The zero-order chi connectivity index (χ0) is 13.8. The van der Waals surface area contributed by atoms with Crippen LogP contribution in [0.1, 0.15) is 39.5 Å². The second-order valence-electron chi connectivity index (χ2n) is 4.69. The summed E-state index contributed by atoms with van der Waals surface area (Å²) in [5.74, 6) is -0.580. The van der Waals surface area contributed by atoms with Gasteiger partial charge in [-0.15, -0.1) is 0 Å². The molecule has 1 rings (SSSR count). The molecule has 0 aromatic carbocycles. The molecule has 4 heteroatoms. The summed E-state index contributed by atoms with van der Waals surface area (Å²) in [5.41, 5.74) is 0.975. The Hall–Kier alpha value is -1.58. The molecule has 0 aromatic heterocycles. The molecular formula is C14H21NO3. The Kier molecular flexibility index (Phi) is 4.70. The molecule has 4 nitrogen and oxygen atoms in total. The van der Waals surface area contributed by atoms with Crippen LogP contribution in [0.3, 0.4) is 0 Å². The molecule has 0 atom stereocenters. The van der Waals surface area contributed by atoms with Crippen molar-refractivity contribution in [2.24, 2.45) is 0 Å². The average Bonchev–Trinajstić information content (AvgIpc) is 2.43. The predicted molar refractivity (Wildman–Crippen MR) is 69.9 cm³/mol. The van der Waals surface area contributed by atoms with Gasteiger partial charge in [-0.1, -0.05) is 24.3 Å². The minimum atomic E-state index is -0.926. The van der Waals surface area contributed by atoms with Gasteiger partial charge in [-0.25, -0.2) is 4.79 Å². The Morgan fingerprint density at radius 1 is 1.28 bits per heavy atom. The topological polar surface area (TPSA) is 55.4 Å². The Morgan fingerprint density at radius 3 is 2.17 bits per heavy atom. The van der Waals surface area contributed by atoms with Crippen molar-refractivity contribution in [3.8, 4) is 0 Å². The minimum absolute atomic E-state index is 0.221. The molecule has 0 aromatic rings. The smallest absolute Gasteiger partial charge is 0.331 e. The van der Waals surface area contributed by atoms with Gasteiger partial charge in [-0.2, -0.15) is 0 Å². The third-order valence-corrected chi connectivity index (χ3v) is 3.29. The highest BCUT2D eigenvalue weighted by Gasteiger charge is 2.41. The molecule has 0 unspecified atom stereocenters. The molecule has 1 amide bonds. The molecule has 1 fully saturated rings. The second-order valence-corrected chi connectivity index (χ2v) is 4.69. The zero-order valence-corrected chi connectivity index (χ0v) is 11.2. The zero-order valence-electron chi connectivity index (χ0n) is 11.2. The Bertz CT molecular complexity index is 367. The van der Waals surface area contributed by atoms with Crippen molar-refractivity contribution in [2.75, 3.05) is 6.61 Å². The van der Waals surface area contributed by atoms with Gasteiger partial charge in [0.25, 0.3) is 0 Å². The summed E-state index contributed by atoms with van der Waals surface area (Å²) in [6, 6.07) is 0. The van der Waals surface area contributed by atoms with Gasteiger partial charge in [-0.3, -0.25) is 4.79 Å². The van der Waals surface area contributed by atoms with Crippen molar-refractivity contribution in [1.29, 1.82) is 0 Å². The van der Waals surface area contributed by atoms with E-state index in [1.807, 2.05) is 0 Å². The largest absolute Gasteiger partial charge is 0.464 e. The van der Waals surface area contributed by atoms with Crippen molar-refractivity contribution in [3.05, 3.63) is 24.3 Å². The highest BCUT2D eigenvalue weighted by molar-refractivity contribution is 5.87. The van der Waals surface area contributed by atoms with Crippen molar-refractivity contribution in [2.45, 2.75) is 45.1 Å². The Balaban J connectivity index is 2.96. The van der Waals surface area contributed by atoms with E-state index in [-0.39, 0.29) is 11.9 Å². The minimum Gasteiger partial charge on any atom is -0.464 e. The van der Waals surface area contributed by atoms with Crippen LogP contribution in [-0.2, 0) is 14.3 Å². The van der Waals surface area contributed by atoms with E-state index in [9.17, 15) is 9.59 Å². The standard InChI is InChI=1S/C14H21NO3/c1-5-18-13(17)14(15-12(4)16)8-6-10(2)11(3)7-9-14/h2-3,5-9H2,1,4H3,(H,15,16). The fourth-order valence-corrected chi connectivity index (χ4v) is 2.19. The maximum Gasteiger partial charge on any atom is 0.331 e. The van der Waals surface area contributed by atoms with Crippen LogP contribution < -0.4 is 5.32 Å². The molecule has 0 radical (unpaired) electrons. The molecule has 0 spiro atoms. The Morgan fingerprint density at radius 2 is 1.78 bits per heavy atom. The predicted octanol–water partition coefficient (Wildman–Crippen LogP) is 2.11. The lowest BCUT2D eigenvalue weighted by molar-refractivity contribution is -0.153. The van der Waals surface area contributed by atoms with Gasteiger partial charge >= 0.3 is 5.97 Å². The number of hydrogen-bond acceptors (Lipinski definition) is 3. The molecule has 1 aliphatic rings. The number of rotatable bonds is 3. The number of nitrogens with one attached hydrogen (secondary N) is 1. The molecule has 0 bridgehead atoms. The lowest BCUT2D eigenvalue weighted by Gasteiger charge is -2.30. The first-order valence-corrected chi connectivity index (χ1v) is 6.23. The first-order chi connectivity index (χ1) is 8.41. The van der Waals surface area contributed by atoms with Crippen LogP contribution in [0, 0.1) is 0 Å². The number of allylic oxidation sites excluding steroid dienone is 2. The molecule has 0 heterocycles. The number of carbonyl (C=O) groups is 2. The van der Waals surface area contributed by atoms with Crippen LogP contribution in [0.4, 0.5) is 0 Å². The molecule has 0 aliphatic heterocycles. The summed E-state index contributed by atoms with van der Waals surface area (Å²) >= 11 is 0. The molecular weight excluding hydrogens is 230 g/mol. The van der Waals surface area contributed by atoms with E-state index in [4.69, 9.17) is 4.74 Å². The summed E-state index contributed by atoms with van der Waals surface area (Å²) in [5, 5.41) is 2.77. The molecule has 1 N–H and O–H groups in total. The van der Waals surface area contributed by atoms with Crippen LogP contribution in [0.2, 0.25) is 0 Å². The molecule has 100 valence electrons. The van der Waals surface area contributed by atoms with E-state index in [1.54, 1.807) is 6.92 Å². The van der Waals surface area contributed by atoms with Crippen LogP contribution in [0.5, 0.6) is 0 Å². The SMILES string of the molecule is C=C1CCC(NC(C)=O)(C(=O)OCC)CCC1=C. The summed E-state index contributed by atoms with van der Waals surface area (Å²) in [6.07, 6.45) is 2.34. The van der Waals surface area contributed by atoms with Gasteiger partial charge in [0.05, 0.1) is 6.61 Å². The van der Waals surface area contributed by atoms with Gasteiger partial charge < -0.3 is 10.1 Å². The highest BCUT2D eigenvalue weighted by Crippen LogP contribution is 2.33. The van der Waals surface area contributed by atoms with Crippen molar-refractivity contribution in [1.82, 2.24) is 5.32 Å². The van der Waals surface area contributed by atoms with Gasteiger partial charge in [-0.05, 0) is 32.6 Å². The van der Waals surface area contributed by atoms with Crippen molar-refractivity contribution >= 4 is 11.9 Å². The van der Waals surface area contributed by atoms with E-state index in [1.165, 1.54) is 6.92 Å². The lowest BCUT2D eigenvalue weighted by Crippen LogP contribution is -2.54. The number of ether oxygens (including phenoxy) is 1. The van der Waals surface area contributed by atoms with E-state index in [0.717, 1.165) is 11.1 Å². The summed E-state index contributed by atoms with van der Waals surface area (Å²) in [7, 11) is 0. The van der Waals surface area contributed by atoms with Crippen molar-refractivity contribution in [3.63, 3.8) is 0 Å². The van der Waals surface area contributed by atoms with Crippen LogP contribution in [0.25, 0.3) is 0 Å². The van der Waals surface area contributed by atoms with Gasteiger partial charge in [0.2, 0.25) is 5.91 Å². The lowest BCUT2D eigenvalue weighted by atomic mass is 9.90. The molecule has 0 saturated heterocycles. The molecule has 18 heavy (non-hydrogen) atoms. The number of carbonyl (C=O) groups excluding carboxylic acids is 2. The van der Waals surface area contributed by atoms with Crippen molar-refractivity contribution < 1.29 is 14.3 Å². The quantitative estimate of drug-likeness (QED) is 0.617. The van der Waals surface area contributed by atoms with E-state index in [2.05, 4.69) is 18.5 Å². The maximum absolute atomic E-state index is 12.1. The first kappa shape index (κ1) is 14.5. The summed E-state index contributed by atoms with van der Waals surface area (Å²) in [6.45, 7) is 11.4. The number of esters is 1. The average molecular weight is 251 g/mol. The number of amides is 1. The third kappa shape index (κ3) is 3.22. The maximum atomic E-state index is 12.1. The summed E-state index contributed by atoms with van der Waals surface area (Å²) in [4.78, 5) is 23.5. The highest BCUT2D eigenvalue weighted by atomic mass is 16.5. The van der Waals surface area contributed by atoms with Gasteiger partial charge in [0.15, 0.2) is 0 Å². The van der Waals surface area contributed by atoms with Crippen LogP contribution in [-0.4, -0.2) is 24.0 Å².